The molecule has 0 amide bonds. The molecular weight excluding hydrogens is 436 g/mol. The van der Waals surface area contributed by atoms with Crippen molar-refractivity contribution in [2.45, 2.75) is 6.42 Å². The molecule has 0 bridgehead atoms. The minimum Gasteiger partial charge on any atom is -0.292 e. The second kappa shape index (κ2) is 7.40. The summed E-state index contributed by atoms with van der Waals surface area (Å²) in [4.78, 5) is 5.47. The SMILES string of the molecule is C1=Cc2ccccc2C(c2nc3c4cccc5ccc6cccc(c6c54)c3n2-c2ccccc2)=CC1. The van der Waals surface area contributed by atoms with Crippen molar-refractivity contribution in [3.8, 4) is 5.69 Å². The zero-order valence-electron chi connectivity index (χ0n) is 19.6. The molecule has 36 heavy (non-hydrogen) atoms. The van der Waals surface area contributed by atoms with Gasteiger partial charge in [0, 0.05) is 22.0 Å². The maximum absolute atomic E-state index is 5.47. The van der Waals surface area contributed by atoms with E-state index in [1.54, 1.807) is 0 Å². The van der Waals surface area contributed by atoms with Crippen LogP contribution in [0.1, 0.15) is 23.4 Å². The van der Waals surface area contributed by atoms with Gasteiger partial charge in [-0.15, -0.1) is 0 Å². The fourth-order valence-electron chi connectivity index (χ4n) is 6.01. The predicted octanol–water partition coefficient (Wildman–Crippen LogP) is 8.77. The number of nitrogens with zero attached hydrogens (tertiary/aromatic N) is 2. The third kappa shape index (κ3) is 2.64. The first-order valence-electron chi connectivity index (χ1n) is 12.5. The van der Waals surface area contributed by atoms with Crippen LogP contribution in [-0.4, -0.2) is 9.55 Å². The van der Waals surface area contributed by atoms with Gasteiger partial charge in [0.05, 0.1) is 11.0 Å². The molecule has 1 aromatic heterocycles. The van der Waals surface area contributed by atoms with Gasteiger partial charge in [0.25, 0.3) is 0 Å². The van der Waals surface area contributed by atoms with Gasteiger partial charge in [-0.3, -0.25) is 4.57 Å². The lowest BCUT2D eigenvalue weighted by Gasteiger charge is -2.16. The summed E-state index contributed by atoms with van der Waals surface area (Å²) < 4.78 is 2.38. The highest BCUT2D eigenvalue weighted by Gasteiger charge is 2.24. The zero-order chi connectivity index (χ0) is 23.6. The Morgan fingerprint density at radius 3 is 2.19 bits per heavy atom. The largest absolute Gasteiger partial charge is 0.292 e. The lowest BCUT2D eigenvalue weighted by Crippen LogP contribution is -2.03. The van der Waals surface area contributed by atoms with Gasteiger partial charge in [-0.2, -0.15) is 0 Å². The van der Waals surface area contributed by atoms with Gasteiger partial charge in [0.15, 0.2) is 0 Å². The summed E-state index contributed by atoms with van der Waals surface area (Å²) in [6.45, 7) is 0. The van der Waals surface area contributed by atoms with Gasteiger partial charge < -0.3 is 0 Å². The van der Waals surface area contributed by atoms with E-state index in [-0.39, 0.29) is 0 Å². The number of para-hydroxylation sites is 1. The Kier molecular flexibility index (Phi) is 4.03. The van der Waals surface area contributed by atoms with Crippen LogP contribution in [0.2, 0.25) is 0 Å². The maximum Gasteiger partial charge on any atom is 0.146 e. The van der Waals surface area contributed by atoms with Crippen LogP contribution in [0.5, 0.6) is 0 Å². The number of imidazole rings is 1. The van der Waals surface area contributed by atoms with Crippen molar-refractivity contribution in [1.29, 1.82) is 0 Å². The van der Waals surface area contributed by atoms with Crippen molar-refractivity contribution in [3.63, 3.8) is 0 Å². The first kappa shape index (κ1) is 19.6. The number of benzene rings is 6. The molecule has 8 rings (SSSR count). The summed E-state index contributed by atoms with van der Waals surface area (Å²) in [6, 6.07) is 37.1. The number of hydrogen-bond acceptors (Lipinski definition) is 1. The number of rotatable bonds is 2. The predicted molar refractivity (Wildman–Crippen MR) is 152 cm³/mol. The summed E-state index contributed by atoms with van der Waals surface area (Å²) in [5.41, 5.74) is 6.98. The highest BCUT2D eigenvalue weighted by atomic mass is 15.1. The van der Waals surface area contributed by atoms with E-state index >= 15 is 0 Å². The molecule has 6 aromatic carbocycles. The van der Waals surface area contributed by atoms with E-state index in [0.717, 1.165) is 23.4 Å². The molecule has 2 heteroatoms. The molecule has 0 aliphatic heterocycles. The van der Waals surface area contributed by atoms with Gasteiger partial charge in [-0.1, -0.05) is 109 Å². The first-order chi connectivity index (χ1) is 17.9. The molecule has 168 valence electrons. The third-order valence-electron chi connectivity index (χ3n) is 7.54. The van der Waals surface area contributed by atoms with Crippen molar-refractivity contribution < 1.29 is 0 Å². The maximum atomic E-state index is 5.47. The van der Waals surface area contributed by atoms with E-state index in [2.05, 4.69) is 126 Å². The van der Waals surface area contributed by atoms with E-state index in [0.29, 0.717) is 0 Å². The molecule has 0 unspecified atom stereocenters. The second-order valence-electron chi connectivity index (χ2n) is 9.52. The highest BCUT2D eigenvalue weighted by Crippen LogP contribution is 2.43. The summed E-state index contributed by atoms with van der Waals surface area (Å²) in [7, 11) is 0. The Morgan fingerprint density at radius 1 is 0.639 bits per heavy atom. The van der Waals surface area contributed by atoms with Crippen LogP contribution in [0, 0.1) is 0 Å². The van der Waals surface area contributed by atoms with Crippen molar-refractivity contribution in [1.82, 2.24) is 9.55 Å². The summed E-state index contributed by atoms with van der Waals surface area (Å²) in [5, 5.41) is 7.61. The van der Waals surface area contributed by atoms with Crippen molar-refractivity contribution in [2.24, 2.45) is 0 Å². The van der Waals surface area contributed by atoms with Crippen molar-refractivity contribution >= 4 is 55.0 Å². The Hall–Kier alpha value is -4.69. The average Bonchev–Trinajstić information content (AvgIpc) is 3.21. The molecule has 1 heterocycles. The summed E-state index contributed by atoms with van der Waals surface area (Å²) in [5.74, 6) is 0.990. The van der Waals surface area contributed by atoms with Crippen molar-refractivity contribution in [3.05, 3.63) is 132 Å². The minimum atomic E-state index is 0.877. The van der Waals surface area contributed by atoms with E-state index in [9.17, 15) is 0 Å². The Bertz CT molecular complexity index is 2000. The molecule has 0 fully saturated rings. The van der Waals surface area contributed by atoms with E-state index in [1.165, 1.54) is 54.5 Å². The van der Waals surface area contributed by atoms with Gasteiger partial charge >= 0.3 is 0 Å². The van der Waals surface area contributed by atoms with Crippen LogP contribution >= 0.6 is 0 Å². The van der Waals surface area contributed by atoms with Gasteiger partial charge in [-0.05, 0) is 51.2 Å². The molecule has 7 aromatic rings. The van der Waals surface area contributed by atoms with Crippen LogP contribution in [0.25, 0.3) is 60.7 Å². The van der Waals surface area contributed by atoms with Gasteiger partial charge in [-0.25, -0.2) is 4.98 Å². The molecule has 1 aliphatic carbocycles. The highest BCUT2D eigenvalue weighted by molar-refractivity contribution is 6.32. The van der Waals surface area contributed by atoms with E-state index < -0.39 is 0 Å². The molecule has 0 saturated heterocycles. The van der Waals surface area contributed by atoms with Crippen LogP contribution in [0.4, 0.5) is 0 Å². The average molecular weight is 459 g/mol. The molecule has 1 aliphatic rings. The number of allylic oxidation sites excluding steroid dienone is 2. The smallest absolute Gasteiger partial charge is 0.146 e. The number of fused-ring (bicyclic) bond motifs is 4. The molecule has 0 N–H and O–H groups in total. The Balaban J connectivity index is 1.61. The fourth-order valence-corrected chi connectivity index (χ4v) is 6.01. The van der Waals surface area contributed by atoms with Crippen LogP contribution in [0.3, 0.4) is 0 Å². The molecule has 0 saturated carbocycles. The molecule has 0 atom stereocenters. The first-order valence-corrected chi connectivity index (χ1v) is 12.5. The molecule has 0 radical (unpaired) electrons. The van der Waals surface area contributed by atoms with Crippen LogP contribution in [-0.2, 0) is 0 Å². The van der Waals surface area contributed by atoms with E-state index in [1.807, 2.05) is 0 Å². The van der Waals surface area contributed by atoms with Gasteiger partial charge in [0.2, 0.25) is 0 Å². The Morgan fingerprint density at radius 2 is 1.36 bits per heavy atom. The minimum absolute atomic E-state index is 0.877. The third-order valence-corrected chi connectivity index (χ3v) is 7.54. The Labute approximate surface area is 208 Å². The normalized spacial score (nSPS) is 13.5. The zero-order valence-corrected chi connectivity index (χ0v) is 19.6. The monoisotopic (exact) mass is 458 g/mol. The lowest BCUT2D eigenvalue weighted by atomic mass is 9.93. The topological polar surface area (TPSA) is 17.8 Å². The molecular formula is C34H22N2. The van der Waals surface area contributed by atoms with E-state index in [4.69, 9.17) is 4.98 Å². The quantitative estimate of drug-likeness (QED) is 0.237. The molecule has 2 nitrogen and oxygen atoms in total. The molecule has 0 spiro atoms. The van der Waals surface area contributed by atoms with Crippen LogP contribution < -0.4 is 0 Å². The summed E-state index contributed by atoms with van der Waals surface area (Å²) >= 11 is 0. The van der Waals surface area contributed by atoms with Crippen molar-refractivity contribution in [2.75, 3.05) is 0 Å². The number of hydrogen-bond donors (Lipinski definition) is 0. The van der Waals surface area contributed by atoms with Gasteiger partial charge in [0.1, 0.15) is 5.82 Å². The second-order valence-corrected chi connectivity index (χ2v) is 9.52. The van der Waals surface area contributed by atoms with Crippen LogP contribution in [0.15, 0.2) is 115 Å². The standard InChI is InChI=1S/C34H22N2/c1-2-14-25(15-3-1)36-33-29-19-9-13-24-21-20-23-12-8-18-28(30(23)31(24)29)32(33)35-34(36)27-17-7-5-11-22-10-4-6-16-26(22)27/h1-6,8-21H,7H2. The lowest BCUT2D eigenvalue weighted by molar-refractivity contribution is 1.05. The number of aromatic nitrogens is 2. The fraction of sp³-hybridized carbons (Fsp3) is 0.0294. The summed E-state index contributed by atoms with van der Waals surface area (Å²) in [6.07, 6.45) is 7.66.